The molecule has 0 aliphatic carbocycles. The summed E-state index contributed by atoms with van der Waals surface area (Å²) < 4.78 is 72.9. The van der Waals surface area contributed by atoms with E-state index in [-0.39, 0.29) is 0 Å². The molecule has 0 spiro atoms. The highest BCUT2D eigenvalue weighted by molar-refractivity contribution is 5.35. The van der Waals surface area contributed by atoms with Gasteiger partial charge in [-0.25, -0.2) is 0 Å². The predicted octanol–water partition coefficient (Wildman–Crippen LogP) is 3.73. The van der Waals surface area contributed by atoms with Crippen LogP contribution < -0.4 is 0 Å². The molecule has 0 amide bonds. The highest BCUT2D eigenvalue weighted by atomic mass is 19.4. The van der Waals surface area contributed by atoms with Gasteiger partial charge in [0.2, 0.25) is 0 Å². The van der Waals surface area contributed by atoms with Crippen LogP contribution in [-0.4, -0.2) is 12.4 Å². The molecule has 0 aliphatic rings. The topological polar surface area (TPSA) is 0 Å². The van der Waals surface area contributed by atoms with Crippen LogP contribution in [-0.2, 0) is 0 Å². The van der Waals surface area contributed by atoms with E-state index in [0.29, 0.717) is 0 Å². The zero-order valence-corrected chi connectivity index (χ0v) is 7.15. The van der Waals surface area contributed by atoms with Gasteiger partial charge in [0.1, 0.15) is 0 Å². The third-order valence-corrected chi connectivity index (χ3v) is 1.63. The van der Waals surface area contributed by atoms with Crippen LogP contribution in [0, 0.1) is 5.92 Å². The van der Waals surface area contributed by atoms with Crippen molar-refractivity contribution in [3.63, 3.8) is 0 Å². The van der Waals surface area contributed by atoms with E-state index in [1.165, 1.54) is 6.07 Å². The molecule has 0 aromatic heterocycles. The van der Waals surface area contributed by atoms with Crippen LogP contribution in [0.1, 0.15) is 5.56 Å². The van der Waals surface area contributed by atoms with Crippen molar-refractivity contribution in [1.82, 2.24) is 0 Å². The molecule has 0 saturated carbocycles. The van der Waals surface area contributed by atoms with E-state index < -0.39 is 23.8 Å². The summed E-state index contributed by atoms with van der Waals surface area (Å²) in [5.74, 6) is -2.48. The highest BCUT2D eigenvalue weighted by Gasteiger charge is 2.51. The number of halogens is 6. The fourth-order valence-corrected chi connectivity index (χ4v) is 1.09. The quantitative estimate of drug-likeness (QED) is 0.506. The van der Waals surface area contributed by atoms with Gasteiger partial charge in [-0.2, -0.15) is 44.0 Å². The second kappa shape index (κ2) is 3.67. The SMILES string of the molecule is FC(F)(F)[C-](c1ccccc1)C(F)(F)F. The van der Waals surface area contributed by atoms with E-state index in [2.05, 4.69) is 0 Å². The maximum absolute atomic E-state index is 12.1. The Labute approximate surface area is 81.5 Å². The van der Waals surface area contributed by atoms with Gasteiger partial charge in [-0.1, -0.05) is 6.07 Å². The first-order valence-electron chi connectivity index (χ1n) is 3.79. The molecule has 0 heterocycles. The molecular formula is C9H5F6-. The maximum atomic E-state index is 12.1. The fraction of sp³-hybridized carbons (Fsp3) is 0.222. The summed E-state index contributed by atoms with van der Waals surface area (Å²) in [5, 5.41) is 0. The summed E-state index contributed by atoms with van der Waals surface area (Å²) in [4.78, 5) is 0. The summed E-state index contributed by atoms with van der Waals surface area (Å²) in [6, 6.07) is 5.13. The highest BCUT2D eigenvalue weighted by Crippen LogP contribution is 2.45. The Kier molecular flexibility index (Phi) is 2.88. The Balaban J connectivity index is 3.15. The molecule has 0 unspecified atom stereocenters. The number of rotatable bonds is 1. The monoisotopic (exact) mass is 227 g/mol. The zero-order valence-electron chi connectivity index (χ0n) is 7.15. The normalized spacial score (nSPS) is 12.7. The Morgan fingerprint density at radius 1 is 0.733 bits per heavy atom. The van der Waals surface area contributed by atoms with E-state index in [9.17, 15) is 26.3 Å². The van der Waals surface area contributed by atoms with Gasteiger partial charge < -0.3 is 0 Å². The van der Waals surface area contributed by atoms with Crippen LogP contribution >= 0.6 is 0 Å². The molecule has 1 aromatic rings. The molecule has 1 rings (SSSR count). The minimum absolute atomic E-state index is 0.774. The number of hydrogen-bond acceptors (Lipinski definition) is 0. The van der Waals surface area contributed by atoms with Gasteiger partial charge in [0, 0.05) is 5.92 Å². The van der Waals surface area contributed by atoms with Crippen molar-refractivity contribution in [3.8, 4) is 0 Å². The third kappa shape index (κ3) is 2.81. The van der Waals surface area contributed by atoms with Gasteiger partial charge in [0.25, 0.3) is 0 Å². The van der Waals surface area contributed by atoms with Crippen LogP contribution in [0.15, 0.2) is 30.3 Å². The van der Waals surface area contributed by atoms with Crippen LogP contribution in [0.3, 0.4) is 0 Å². The van der Waals surface area contributed by atoms with Crippen molar-refractivity contribution in [2.45, 2.75) is 12.4 Å². The molecule has 84 valence electrons. The van der Waals surface area contributed by atoms with Crippen molar-refractivity contribution in [1.29, 1.82) is 0 Å². The van der Waals surface area contributed by atoms with Crippen molar-refractivity contribution in [2.75, 3.05) is 0 Å². The first-order valence-corrected chi connectivity index (χ1v) is 3.79. The van der Waals surface area contributed by atoms with E-state index in [0.717, 1.165) is 24.3 Å². The first-order chi connectivity index (χ1) is 6.73. The van der Waals surface area contributed by atoms with E-state index in [4.69, 9.17) is 0 Å². The van der Waals surface area contributed by atoms with Crippen LogP contribution in [0.2, 0.25) is 0 Å². The molecule has 0 atom stereocenters. The molecule has 0 aliphatic heterocycles. The molecule has 0 bridgehead atoms. The Hall–Kier alpha value is -1.33. The molecule has 15 heavy (non-hydrogen) atoms. The fourth-order valence-electron chi connectivity index (χ4n) is 1.09. The average Bonchev–Trinajstić information content (AvgIpc) is 2.00. The molecule has 0 saturated heterocycles. The predicted molar refractivity (Wildman–Crippen MR) is 40.9 cm³/mol. The van der Waals surface area contributed by atoms with Gasteiger partial charge in [-0.3, -0.25) is 0 Å². The molecule has 1 aromatic carbocycles. The van der Waals surface area contributed by atoms with E-state index >= 15 is 0 Å². The maximum Gasteiger partial charge on any atom is 0.375 e. The minimum atomic E-state index is -5.40. The summed E-state index contributed by atoms with van der Waals surface area (Å²) in [5.41, 5.74) is -0.877. The van der Waals surface area contributed by atoms with E-state index in [1.54, 1.807) is 0 Å². The van der Waals surface area contributed by atoms with Gasteiger partial charge >= 0.3 is 12.4 Å². The molecule has 0 nitrogen and oxygen atoms in total. The summed E-state index contributed by atoms with van der Waals surface area (Å²) in [7, 11) is 0. The lowest BCUT2D eigenvalue weighted by molar-refractivity contribution is -0.197. The van der Waals surface area contributed by atoms with Crippen molar-refractivity contribution in [2.24, 2.45) is 0 Å². The lowest BCUT2D eigenvalue weighted by atomic mass is 9.98. The Morgan fingerprint density at radius 2 is 1.13 bits per heavy atom. The Bertz CT molecular complexity index is 296. The number of alkyl halides is 6. The second-order valence-corrected chi connectivity index (χ2v) is 2.74. The number of benzene rings is 1. The van der Waals surface area contributed by atoms with Gasteiger partial charge in [-0.05, 0) is 0 Å². The van der Waals surface area contributed by atoms with Crippen molar-refractivity contribution >= 4 is 0 Å². The molecule has 0 fully saturated rings. The van der Waals surface area contributed by atoms with Crippen LogP contribution in [0.4, 0.5) is 26.3 Å². The largest absolute Gasteiger partial charge is 0.375 e. The van der Waals surface area contributed by atoms with Crippen LogP contribution in [0.25, 0.3) is 0 Å². The molecular weight excluding hydrogens is 222 g/mol. The summed E-state index contributed by atoms with van der Waals surface area (Å²) in [6.45, 7) is 0. The van der Waals surface area contributed by atoms with E-state index in [1.807, 2.05) is 0 Å². The Morgan fingerprint density at radius 3 is 1.47 bits per heavy atom. The van der Waals surface area contributed by atoms with Gasteiger partial charge in [-0.15, -0.1) is 12.1 Å². The summed E-state index contributed by atoms with van der Waals surface area (Å²) >= 11 is 0. The third-order valence-electron chi connectivity index (χ3n) is 1.63. The second-order valence-electron chi connectivity index (χ2n) is 2.74. The molecule has 6 heteroatoms. The molecule has 0 N–H and O–H groups in total. The lowest BCUT2D eigenvalue weighted by Crippen LogP contribution is -2.34. The van der Waals surface area contributed by atoms with Gasteiger partial charge in [0.05, 0.1) is 0 Å². The average molecular weight is 227 g/mol. The number of hydrogen-bond donors (Lipinski definition) is 0. The zero-order chi connectivity index (χ0) is 11.7. The molecule has 0 radical (unpaired) electrons. The van der Waals surface area contributed by atoms with Gasteiger partial charge in [0.15, 0.2) is 0 Å². The van der Waals surface area contributed by atoms with Crippen molar-refractivity contribution in [3.05, 3.63) is 41.8 Å². The van der Waals surface area contributed by atoms with Crippen molar-refractivity contribution < 1.29 is 26.3 Å². The smallest absolute Gasteiger partial charge is 0.179 e. The standard InChI is InChI=1S/C9H5F6/c10-8(11,12)7(9(13,14)15)6-4-2-1-3-5-6/h1-5H/q-1. The van der Waals surface area contributed by atoms with Crippen LogP contribution in [0.5, 0.6) is 0 Å². The lowest BCUT2D eigenvalue weighted by Gasteiger charge is -2.30. The minimum Gasteiger partial charge on any atom is -0.179 e. The summed E-state index contributed by atoms with van der Waals surface area (Å²) in [6.07, 6.45) is -10.8. The first kappa shape index (κ1) is 11.7.